The van der Waals surface area contributed by atoms with Crippen molar-refractivity contribution in [3.63, 3.8) is 0 Å². The fourth-order valence-corrected chi connectivity index (χ4v) is 3.79. The molecule has 0 saturated heterocycles. The zero-order valence-corrected chi connectivity index (χ0v) is 13.1. The van der Waals surface area contributed by atoms with Crippen LogP contribution in [0.15, 0.2) is 23.1 Å². The highest BCUT2D eigenvalue weighted by molar-refractivity contribution is 7.91. The van der Waals surface area contributed by atoms with E-state index in [-0.39, 0.29) is 18.1 Å². The Labute approximate surface area is 126 Å². The van der Waals surface area contributed by atoms with Gasteiger partial charge in [0.15, 0.2) is 9.84 Å². The van der Waals surface area contributed by atoms with Crippen LogP contribution in [0.2, 0.25) is 0 Å². The topological polar surface area (TPSA) is 75.3 Å². The van der Waals surface area contributed by atoms with E-state index in [1.54, 1.807) is 19.2 Å². The summed E-state index contributed by atoms with van der Waals surface area (Å²) in [5, 5.41) is 5.60. The molecule has 1 amide bonds. The van der Waals surface area contributed by atoms with Crippen LogP contribution in [-0.2, 0) is 27.5 Å². The minimum atomic E-state index is -3.38. The molecule has 2 N–H and O–H groups in total. The molecule has 0 aromatic heterocycles. The molecule has 116 valence electrons. The summed E-state index contributed by atoms with van der Waals surface area (Å²) in [5.74, 6) is -0.369. The fraction of sp³-hybridized carbons (Fsp3) is 0.533. The van der Waals surface area contributed by atoms with E-state index >= 15 is 0 Å². The lowest BCUT2D eigenvalue weighted by Gasteiger charge is -2.08. The van der Waals surface area contributed by atoms with Crippen LogP contribution in [0.3, 0.4) is 0 Å². The Morgan fingerprint density at radius 2 is 1.95 bits per heavy atom. The molecule has 1 aliphatic rings. The van der Waals surface area contributed by atoms with Gasteiger partial charge in [-0.3, -0.25) is 4.79 Å². The lowest BCUT2D eigenvalue weighted by atomic mass is 10.1. The van der Waals surface area contributed by atoms with Gasteiger partial charge in [0.05, 0.1) is 10.6 Å². The van der Waals surface area contributed by atoms with Crippen molar-refractivity contribution in [2.24, 2.45) is 0 Å². The van der Waals surface area contributed by atoms with E-state index in [0.717, 1.165) is 24.8 Å². The molecule has 6 heteroatoms. The largest absolute Gasteiger partial charge is 0.355 e. The predicted octanol–water partition coefficient (Wildman–Crippen LogP) is 0.675. The van der Waals surface area contributed by atoms with E-state index in [1.165, 1.54) is 5.56 Å². The summed E-state index contributed by atoms with van der Waals surface area (Å²) in [4.78, 5) is 11.9. The second kappa shape index (κ2) is 7.04. The van der Waals surface area contributed by atoms with Gasteiger partial charge < -0.3 is 10.6 Å². The maximum atomic E-state index is 12.3. The molecule has 1 aromatic carbocycles. The van der Waals surface area contributed by atoms with Gasteiger partial charge in [-0.25, -0.2) is 8.42 Å². The maximum absolute atomic E-state index is 12.3. The van der Waals surface area contributed by atoms with Gasteiger partial charge in [-0.15, -0.1) is 0 Å². The van der Waals surface area contributed by atoms with Crippen molar-refractivity contribution in [3.8, 4) is 0 Å². The quantitative estimate of drug-likeness (QED) is 0.726. The number of rotatable bonds is 7. The number of carbonyl (C=O) groups excluding carboxylic acids is 1. The Bertz CT molecular complexity index is 611. The van der Waals surface area contributed by atoms with Crippen molar-refractivity contribution >= 4 is 15.7 Å². The molecule has 0 aliphatic heterocycles. The predicted molar refractivity (Wildman–Crippen MR) is 82.1 cm³/mol. The summed E-state index contributed by atoms with van der Waals surface area (Å²) in [6, 6.07) is 5.34. The average molecular weight is 310 g/mol. The van der Waals surface area contributed by atoms with Gasteiger partial charge in [0.25, 0.3) is 0 Å². The maximum Gasteiger partial charge on any atom is 0.221 e. The summed E-state index contributed by atoms with van der Waals surface area (Å²) < 4.78 is 24.5. The van der Waals surface area contributed by atoms with E-state index in [9.17, 15) is 13.2 Å². The molecule has 1 aliphatic carbocycles. The molecule has 0 saturated carbocycles. The van der Waals surface area contributed by atoms with Gasteiger partial charge in [-0.05, 0) is 49.6 Å². The highest BCUT2D eigenvalue weighted by Gasteiger charge is 2.19. The van der Waals surface area contributed by atoms with Crippen molar-refractivity contribution in [3.05, 3.63) is 29.3 Å². The minimum absolute atomic E-state index is 0.00311. The molecular formula is C15H22N2O3S. The average Bonchev–Trinajstić information content (AvgIpc) is 2.93. The Morgan fingerprint density at radius 3 is 2.71 bits per heavy atom. The Kier molecular flexibility index (Phi) is 5.36. The number of likely N-dealkylation sites (N-methyl/N-ethyl adjacent to an activating group) is 1. The Hall–Kier alpha value is -1.40. The van der Waals surface area contributed by atoms with Crippen LogP contribution in [0.4, 0.5) is 0 Å². The molecule has 0 unspecified atom stereocenters. The number of amides is 1. The Balaban J connectivity index is 1.94. The number of sulfone groups is 1. The molecule has 0 bridgehead atoms. The highest BCUT2D eigenvalue weighted by Crippen LogP contribution is 2.25. The van der Waals surface area contributed by atoms with E-state index in [1.807, 2.05) is 6.07 Å². The summed E-state index contributed by atoms with van der Waals surface area (Å²) in [6.07, 6.45) is 3.07. The molecule has 2 rings (SSSR count). The molecule has 1 aromatic rings. The van der Waals surface area contributed by atoms with Crippen LogP contribution >= 0.6 is 0 Å². The molecule has 0 heterocycles. The van der Waals surface area contributed by atoms with Gasteiger partial charge in [0, 0.05) is 19.5 Å². The van der Waals surface area contributed by atoms with Crippen LogP contribution in [0, 0.1) is 0 Å². The molecule has 0 fully saturated rings. The van der Waals surface area contributed by atoms with Crippen LogP contribution in [-0.4, -0.2) is 40.2 Å². The van der Waals surface area contributed by atoms with E-state index in [0.29, 0.717) is 18.0 Å². The molecule has 21 heavy (non-hydrogen) atoms. The molecular weight excluding hydrogens is 288 g/mol. The SMILES string of the molecule is CNCCNC(=O)CCS(=O)(=O)c1ccc2c(c1)CCC2. The van der Waals surface area contributed by atoms with Crippen LogP contribution < -0.4 is 10.6 Å². The standard InChI is InChI=1S/C15H22N2O3S/c1-16-8-9-17-15(18)7-10-21(19,20)14-6-5-12-3-2-4-13(12)11-14/h5-6,11,16H,2-4,7-10H2,1H3,(H,17,18). The van der Waals surface area contributed by atoms with Crippen LogP contribution in [0.1, 0.15) is 24.0 Å². The first kappa shape index (κ1) is 16.0. The number of hydrogen-bond acceptors (Lipinski definition) is 4. The first-order valence-electron chi connectivity index (χ1n) is 7.29. The number of aryl methyl sites for hydroxylation is 2. The molecule has 5 nitrogen and oxygen atoms in total. The first-order valence-corrected chi connectivity index (χ1v) is 8.94. The minimum Gasteiger partial charge on any atom is -0.355 e. The molecule has 0 atom stereocenters. The van der Waals surface area contributed by atoms with E-state index in [2.05, 4.69) is 10.6 Å². The van der Waals surface area contributed by atoms with Gasteiger partial charge >= 0.3 is 0 Å². The van der Waals surface area contributed by atoms with Crippen LogP contribution in [0.25, 0.3) is 0 Å². The van der Waals surface area contributed by atoms with Crippen molar-refractivity contribution in [2.45, 2.75) is 30.6 Å². The van der Waals surface area contributed by atoms with Crippen molar-refractivity contribution in [2.75, 3.05) is 25.9 Å². The number of nitrogens with one attached hydrogen (secondary N) is 2. The summed E-state index contributed by atoms with van der Waals surface area (Å²) in [6.45, 7) is 1.18. The normalized spacial score (nSPS) is 14.0. The summed E-state index contributed by atoms with van der Waals surface area (Å²) in [5.41, 5.74) is 2.38. The third kappa shape index (κ3) is 4.28. The third-order valence-electron chi connectivity index (χ3n) is 3.72. The zero-order chi connectivity index (χ0) is 15.3. The highest BCUT2D eigenvalue weighted by atomic mass is 32.2. The molecule has 0 radical (unpaired) electrons. The fourth-order valence-electron chi connectivity index (χ4n) is 2.50. The monoisotopic (exact) mass is 310 g/mol. The van der Waals surface area contributed by atoms with Crippen LogP contribution in [0.5, 0.6) is 0 Å². The first-order chi connectivity index (χ1) is 10.0. The third-order valence-corrected chi connectivity index (χ3v) is 5.44. The second-order valence-electron chi connectivity index (χ2n) is 5.31. The van der Waals surface area contributed by atoms with Gasteiger partial charge in [-0.1, -0.05) is 6.07 Å². The number of fused-ring (bicyclic) bond motifs is 1. The van der Waals surface area contributed by atoms with E-state index < -0.39 is 9.84 Å². The number of hydrogen-bond donors (Lipinski definition) is 2. The lowest BCUT2D eigenvalue weighted by molar-refractivity contribution is -0.120. The van der Waals surface area contributed by atoms with E-state index in [4.69, 9.17) is 0 Å². The van der Waals surface area contributed by atoms with Gasteiger partial charge in [-0.2, -0.15) is 0 Å². The number of benzene rings is 1. The summed E-state index contributed by atoms with van der Waals surface area (Å²) >= 11 is 0. The van der Waals surface area contributed by atoms with Crippen molar-refractivity contribution < 1.29 is 13.2 Å². The van der Waals surface area contributed by atoms with Crippen molar-refractivity contribution in [1.29, 1.82) is 0 Å². The zero-order valence-electron chi connectivity index (χ0n) is 12.3. The smallest absolute Gasteiger partial charge is 0.221 e. The van der Waals surface area contributed by atoms with Gasteiger partial charge in [0.1, 0.15) is 0 Å². The van der Waals surface area contributed by atoms with Crippen molar-refractivity contribution in [1.82, 2.24) is 10.6 Å². The second-order valence-corrected chi connectivity index (χ2v) is 7.42. The van der Waals surface area contributed by atoms with Gasteiger partial charge in [0.2, 0.25) is 5.91 Å². The Morgan fingerprint density at radius 1 is 1.19 bits per heavy atom. The number of carbonyl (C=O) groups is 1. The molecule has 0 spiro atoms. The lowest BCUT2D eigenvalue weighted by Crippen LogP contribution is -2.31. The summed E-state index contributed by atoms with van der Waals surface area (Å²) in [7, 11) is -1.59.